The molecule has 0 aliphatic rings. The third-order valence-corrected chi connectivity index (χ3v) is 4.52. The molecule has 2 rings (SSSR count). The summed E-state index contributed by atoms with van der Waals surface area (Å²) in [5.74, 6) is -0.898. The molecule has 0 saturated heterocycles. The van der Waals surface area contributed by atoms with Crippen molar-refractivity contribution < 1.29 is 28.6 Å². The standard InChI is InChI=1S/C22H25BrN2O6/c1-3-5-12-30-18-11-8-16(13-19(18)29-4-2)22(28)31-14-20(26)24-25-21(27)15-6-9-17(23)10-7-15/h6-11,13H,3-5,12,14H2,1-2H3,(H,24,26)(H,25,27). The Bertz CT molecular complexity index is 901. The molecule has 0 fully saturated rings. The van der Waals surface area contributed by atoms with Crippen molar-refractivity contribution in [2.75, 3.05) is 19.8 Å². The summed E-state index contributed by atoms with van der Waals surface area (Å²) in [6, 6.07) is 11.3. The van der Waals surface area contributed by atoms with Gasteiger partial charge in [0.05, 0.1) is 18.8 Å². The quantitative estimate of drug-likeness (QED) is 0.298. The van der Waals surface area contributed by atoms with Crippen molar-refractivity contribution in [1.82, 2.24) is 10.9 Å². The lowest BCUT2D eigenvalue weighted by molar-refractivity contribution is -0.125. The van der Waals surface area contributed by atoms with Crippen LogP contribution in [0.1, 0.15) is 47.4 Å². The molecule has 0 atom stereocenters. The summed E-state index contributed by atoms with van der Waals surface area (Å²) in [7, 11) is 0. The largest absolute Gasteiger partial charge is 0.490 e. The van der Waals surface area contributed by atoms with E-state index in [2.05, 4.69) is 33.7 Å². The lowest BCUT2D eigenvalue weighted by Gasteiger charge is -2.13. The molecule has 8 nitrogen and oxygen atoms in total. The molecular weight excluding hydrogens is 468 g/mol. The summed E-state index contributed by atoms with van der Waals surface area (Å²) in [6.07, 6.45) is 1.91. The third kappa shape index (κ3) is 7.93. The van der Waals surface area contributed by atoms with E-state index in [-0.39, 0.29) is 5.56 Å². The second kappa shape index (κ2) is 12.6. The molecule has 2 aromatic rings. The van der Waals surface area contributed by atoms with E-state index in [4.69, 9.17) is 14.2 Å². The number of hydrogen-bond acceptors (Lipinski definition) is 6. The van der Waals surface area contributed by atoms with Gasteiger partial charge >= 0.3 is 5.97 Å². The number of nitrogens with one attached hydrogen (secondary N) is 2. The second-order valence-corrected chi connectivity index (χ2v) is 7.30. The molecule has 31 heavy (non-hydrogen) atoms. The predicted octanol–water partition coefficient (Wildman–Crippen LogP) is 3.64. The van der Waals surface area contributed by atoms with Gasteiger partial charge in [-0.3, -0.25) is 20.4 Å². The Morgan fingerprint density at radius 3 is 2.29 bits per heavy atom. The Labute approximate surface area is 189 Å². The molecule has 0 heterocycles. The number of hydrogen-bond donors (Lipinski definition) is 2. The fraction of sp³-hybridized carbons (Fsp3) is 0.318. The number of unbranched alkanes of at least 4 members (excludes halogenated alkanes) is 1. The van der Waals surface area contributed by atoms with Gasteiger partial charge in [-0.2, -0.15) is 0 Å². The zero-order valence-electron chi connectivity index (χ0n) is 17.4. The Balaban J connectivity index is 1.86. The summed E-state index contributed by atoms with van der Waals surface area (Å²) in [5, 5.41) is 0. The van der Waals surface area contributed by atoms with Gasteiger partial charge < -0.3 is 14.2 Å². The number of carbonyl (C=O) groups excluding carboxylic acids is 3. The van der Waals surface area contributed by atoms with Crippen LogP contribution in [-0.4, -0.2) is 37.6 Å². The first-order valence-corrected chi connectivity index (χ1v) is 10.6. The van der Waals surface area contributed by atoms with E-state index in [1.165, 1.54) is 6.07 Å². The van der Waals surface area contributed by atoms with Gasteiger partial charge in [0.25, 0.3) is 11.8 Å². The number of benzene rings is 2. The fourth-order valence-corrected chi connectivity index (χ4v) is 2.66. The maximum absolute atomic E-state index is 12.3. The number of ether oxygens (including phenoxy) is 3. The molecular formula is C22H25BrN2O6. The molecule has 0 aliphatic carbocycles. The summed E-state index contributed by atoms with van der Waals surface area (Å²) in [4.78, 5) is 36.1. The van der Waals surface area contributed by atoms with E-state index in [1.54, 1.807) is 36.4 Å². The van der Waals surface area contributed by atoms with Crippen molar-refractivity contribution in [3.05, 3.63) is 58.1 Å². The highest BCUT2D eigenvalue weighted by molar-refractivity contribution is 9.10. The van der Waals surface area contributed by atoms with Crippen molar-refractivity contribution in [1.29, 1.82) is 0 Å². The van der Waals surface area contributed by atoms with E-state index in [0.29, 0.717) is 30.3 Å². The molecule has 2 N–H and O–H groups in total. The predicted molar refractivity (Wildman–Crippen MR) is 118 cm³/mol. The monoisotopic (exact) mass is 492 g/mol. The minimum atomic E-state index is -0.699. The normalized spacial score (nSPS) is 10.2. The number of amides is 2. The first-order chi connectivity index (χ1) is 14.9. The van der Waals surface area contributed by atoms with E-state index in [9.17, 15) is 14.4 Å². The van der Waals surface area contributed by atoms with Crippen molar-refractivity contribution in [2.45, 2.75) is 26.7 Å². The first kappa shape index (κ1) is 24.2. The average Bonchev–Trinajstić information content (AvgIpc) is 2.77. The van der Waals surface area contributed by atoms with Crippen LogP contribution in [0, 0.1) is 0 Å². The fourth-order valence-electron chi connectivity index (χ4n) is 2.40. The van der Waals surface area contributed by atoms with E-state index in [0.717, 1.165) is 17.3 Å². The van der Waals surface area contributed by atoms with Gasteiger partial charge in [-0.25, -0.2) is 4.79 Å². The minimum absolute atomic E-state index is 0.220. The zero-order chi connectivity index (χ0) is 22.6. The highest BCUT2D eigenvalue weighted by Crippen LogP contribution is 2.29. The van der Waals surface area contributed by atoms with Crippen LogP contribution < -0.4 is 20.3 Å². The van der Waals surface area contributed by atoms with Crippen LogP contribution in [0.2, 0.25) is 0 Å². The van der Waals surface area contributed by atoms with Gasteiger partial charge in [0.1, 0.15) is 0 Å². The molecule has 2 amide bonds. The minimum Gasteiger partial charge on any atom is -0.490 e. The lowest BCUT2D eigenvalue weighted by atomic mass is 10.2. The SMILES string of the molecule is CCCCOc1ccc(C(=O)OCC(=O)NNC(=O)c2ccc(Br)cc2)cc1OCC. The molecule has 0 radical (unpaired) electrons. The van der Waals surface area contributed by atoms with Crippen LogP contribution in [0.25, 0.3) is 0 Å². The number of esters is 1. The maximum Gasteiger partial charge on any atom is 0.338 e. The van der Waals surface area contributed by atoms with Crippen molar-refractivity contribution >= 4 is 33.7 Å². The Kier molecular flexibility index (Phi) is 9.83. The molecule has 166 valence electrons. The first-order valence-electron chi connectivity index (χ1n) is 9.86. The van der Waals surface area contributed by atoms with Crippen LogP contribution in [0.5, 0.6) is 11.5 Å². The number of hydrazine groups is 1. The smallest absolute Gasteiger partial charge is 0.338 e. The van der Waals surface area contributed by atoms with Crippen LogP contribution in [0.15, 0.2) is 46.9 Å². The average molecular weight is 493 g/mol. The Hall–Kier alpha value is -3.07. The highest BCUT2D eigenvalue weighted by Gasteiger charge is 2.15. The lowest BCUT2D eigenvalue weighted by Crippen LogP contribution is -2.43. The van der Waals surface area contributed by atoms with Crippen molar-refractivity contribution in [3.63, 3.8) is 0 Å². The molecule has 0 aliphatic heterocycles. The summed E-state index contributed by atoms with van der Waals surface area (Å²) in [5.41, 5.74) is 5.04. The number of rotatable bonds is 10. The van der Waals surface area contributed by atoms with Crippen molar-refractivity contribution in [3.8, 4) is 11.5 Å². The summed E-state index contributed by atoms with van der Waals surface area (Å²) < 4.78 is 17.0. The van der Waals surface area contributed by atoms with Gasteiger partial charge in [0.2, 0.25) is 0 Å². The molecule has 0 saturated carbocycles. The summed E-state index contributed by atoms with van der Waals surface area (Å²) >= 11 is 3.28. The molecule has 0 bridgehead atoms. The molecule has 0 spiro atoms. The van der Waals surface area contributed by atoms with Crippen LogP contribution in [0.4, 0.5) is 0 Å². The van der Waals surface area contributed by atoms with Crippen LogP contribution >= 0.6 is 15.9 Å². The Morgan fingerprint density at radius 1 is 0.903 bits per heavy atom. The van der Waals surface area contributed by atoms with Gasteiger partial charge in [-0.1, -0.05) is 29.3 Å². The number of carbonyl (C=O) groups is 3. The second-order valence-electron chi connectivity index (χ2n) is 6.38. The van der Waals surface area contributed by atoms with E-state index in [1.807, 2.05) is 6.92 Å². The number of halogens is 1. The Morgan fingerprint density at radius 2 is 1.61 bits per heavy atom. The molecule has 0 unspecified atom stereocenters. The summed E-state index contributed by atoms with van der Waals surface area (Å²) in [6.45, 7) is 4.29. The van der Waals surface area contributed by atoms with Gasteiger partial charge in [0, 0.05) is 10.0 Å². The highest BCUT2D eigenvalue weighted by atomic mass is 79.9. The van der Waals surface area contributed by atoms with E-state index >= 15 is 0 Å². The van der Waals surface area contributed by atoms with E-state index < -0.39 is 24.4 Å². The van der Waals surface area contributed by atoms with Crippen LogP contribution in [-0.2, 0) is 9.53 Å². The van der Waals surface area contributed by atoms with Gasteiger partial charge in [-0.15, -0.1) is 0 Å². The topological polar surface area (TPSA) is 103 Å². The van der Waals surface area contributed by atoms with Gasteiger partial charge in [-0.05, 0) is 55.8 Å². The molecule has 0 aromatic heterocycles. The molecule has 9 heteroatoms. The van der Waals surface area contributed by atoms with Gasteiger partial charge in [0.15, 0.2) is 18.1 Å². The van der Waals surface area contributed by atoms with Crippen LogP contribution in [0.3, 0.4) is 0 Å². The molecule has 2 aromatic carbocycles. The zero-order valence-corrected chi connectivity index (χ0v) is 19.0. The van der Waals surface area contributed by atoms with Crippen molar-refractivity contribution in [2.24, 2.45) is 0 Å². The maximum atomic E-state index is 12.3. The third-order valence-electron chi connectivity index (χ3n) is 3.99.